The van der Waals surface area contributed by atoms with Gasteiger partial charge in [-0.2, -0.15) is 23.3 Å². The van der Waals surface area contributed by atoms with Crippen LogP contribution >= 0.6 is 0 Å². The number of halogens is 3. The summed E-state index contributed by atoms with van der Waals surface area (Å²) in [7, 11) is 1.78. The fraction of sp³-hybridized carbons (Fsp3) is 0.561. The third-order valence-electron chi connectivity index (χ3n) is 12.9. The molecule has 1 aliphatic carbocycles. The Bertz CT molecular complexity index is 2110. The van der Waals surface area contributed by atoms with Crippen LogP contribution in [0.3, 0.4) is 0 Å². The largest absolute Gasteiger partial charge is 0.481 e. The van der Waals surface area contributed by atoms with E-state index in [-0.39, 0.29) is 29.1 Å². The summed E-state index contributed by atoms with van der Waals surface area (Å²) in [4.78, 5) is 31.7. The molecule has 1 N–H and O–H groups in total. The van der Waals surface area contributed by atoms with Crippen molar-refractivity contribution in [1.29, 1.82) is 0 Å². The molecule has 0 bridgehead atoms. The van der Waals surface area contributed by atoms with Crippen LogP contribution < -0.4 is 14.5 Å². The number of benzene rings is 2. The van der Waals surface area contributed by atoms with Crippen molar-refractivity contribution in [3.05, 3.63) is 48.2 Å². The first-order valence-corrected chi connectivity index (χ1v) is 19.7. The van der Waals surface area contributed by atoms with E-state index in [0.29, 0.717) is 54.6 Å². The predicted octanol–water partition coefficient (Wildman–Crippen LogP) is 6.60. The van der Waals surface area contributed by atoms with Gasteiger partial charge in [-0.05, 0) is 92.7 Å². The molecule has 1 amide bonds. The molecule has 5 fully saturated rings. The van der Waals surface area contributed by atoms with Crippen LogP contribution in [0.5, 0.6) is 5.75 Å². The van der Waals surface area contributed by atoms with Gasteiger partial charge in [0.25, 0.3) is 0 Å². The maximum Gasteiger partial charge on any atom is 0.422 e. The maximum atomic E-state index is 14.2. The zero-order chi connectivity index (χ0) is 38.1. The van der Waals surface area contributed by atoms with Crippen LogP contribution in [0.1, 0.15) is 62.0 Å². The number of rotatable bonds is 9. The van der Waals surface area contributed by atoms with Crippen molar-refractivity contribution in [2.24, 2.45) is 5.41 Å². The van der Waals surface area contributed by atoms with Crippen LogP contribution in [0.2, 0.25) is 0 Å². The van der Waals surface area contributed by atoms with Crippen molar-refractivity contribution < 1.29 is 27.4 Å². The van der Waals surface area contributed by atoms with Gasteiger partial charge in [0, 0.05) is 87.3 Å². The number of likely N-dealkylation sites (tertiary alicyclic amines) is 2. The van der Waals surface area contributed by atoms with Gasteiger partial charge in [0.15, 0.2) is 12.4 Å². The Labute approximate surface area is 318 Å². The van der Waals surface area contributed by atoms with Gasteiger partial charge in [-0.25, -0.2) is 4.98 Å². The summed E-state index contributed by atoms with van der Waals surface area (Å²) in [5.41, 5.74) is 4.62. The number of alkyl halides is 3. The van der Waals surface area contributed by atoms with Gasteiger partial charge in [-0.3, -0.25) is 14.8 Å². The van der Waals surface area contributed by atoms with E-state index in [1.807, 2.05) is 24.0 Å². The number of H-pyrrole nitrogens is 1. The lowest BCUT2D eigenvalue weighted by Gasteiger charge is -2.54. The molecule has 9 rings (SSSR count). The molecule has 6 heterocycles. The summed E-state index contributed by atoms with van der Waals surface area (Å²) >= 11 is 0. The maximum absolute atomic E-state index is 14.2. The number of ether oxygens (including phenoxy) is 2. The topological polar surface area (TPSA) is 103 Å². The number of anilines is 2. The second kappa shape index (κ2) is 13.9. The van der Waals surface area contributed by atoms with E-state index in [1.54, 1.807) is 13.3 Å². The highest BCUT2D eigenvalue weighted by Crippen LogP contribution is 2.53. The molecule has 2 aromatic heterocycles. The van der Waals surface area contributed by atoms with E-state index in [2.05, 4.69) is 37.5 Å². The molecule has 5 aliphatic rings. The molecular weight excluding hydrogens is 709 g/mol. The van der Waals surface area contributed by atoms with Crippen molar-refractivity contribution in [3.8, 4) is 16.9 Å². The molecule has 4 aromatic rings. The van der Waals surface area contributed by atoms with Crippen LogP contribution in [-0.2, 0) is 9.53 Å². The van der Waals surface area contributed by atoms with Gasteiger partial charge < -0.3 is 24.2 Å². The van der Waals surface area contributed by atoms with Gasteiger partial charge in [-0.1, -0.05) is 12.6 Å². The van der Waals surface area contributed by atoms with Crippen LogP contribution in [-0.4, -0.2) is 120 Å². The van der Waals surface area contributed by atoms with E-state index in [0.717, 1.165) is 105 Å². The summed E-state index contributed by atoms with van der Waals surface area (Å²) in [6.07, 6.45) is 5.43. The lowest BCUT2D eigenvalue weighted by Crippen LogP contribution is -2.61. The minimum Gasteiger partial charge on any atom is -0.481 e. The number of hydrogen-bond donors (Lipinski definition) is 1. The number of aryl methyl sites for hydroxylation is 1. The number of aromatic amines is 1. The molecule has 55 heavy (non-hydrogen) atoms. The molecule has 14 heteroatoms. The third kappa shape index (κ3) is 6.79. The van der Waals surface area contributed by atoms with Crippen molar-refractivity contribution in [2.75, 3.05) is 75.9 Å². The molecular formula is C41H49F3N8O3. The summed E-state index contributed by atoms with van der Waals surface area (Å²) in [5.74, 6) is 1.55. The molecule has 4 aliphatic heterocycles. The first-order chi connectivity index (χ1) is 26.5. The number of carbonyl (C=O) groups is 1. The van der Waals surface area contributed by atoms with E-state index in [4.69, 9.17) is 19.4 Å². The van der Waals surface area contributed by atoms with E-state index in [9.17, 15) is 18.0 Å². The number of nitrogens with zero attached hydrogens (tertiary/aromatic N) is 7. The number of methoxy groups -OCH3 is 1. The normalized spacial score (nSPS) is 22.2. The minimum absolute atomic E-state index is 0.0392. The first-order valence-electron chi connectivity index (χ1n) is 19.7. The quantitative estimate of drug-likeness (QED) is 0.189. The minimum atomic E-state index is -4.56. The zero-order valence-corrected chi connectivity index (χ0v) is 31.6. The summed E-state index contributed by atoms with van der Waals surface area (Å²) in [6.45, 7) is 10.5. The molecule has 4 saturated heterocycles. The fourth-order valence-corrected chi connectivity index (χ4v) is 9.59. The van der Waals surface area contributed by atoms with Gasteiger partial charge in [0.1, 0.15) is 11.3 Å². The predicted molar refractivity (Wildman–Crippen MR) is 206 cm³/mol. The number of fused-ring (bicyclic) bond motifs is 2. The summed E-state index contributed by atoms with van der Waals surface area (Å²) < 4.78 is 54.2. The Kier molecular flexibility index (Phi) is 9.18. The molecule has 1 saturated carbocycles. The second-order valence-corrected chi connectivity index (χ2v) is 16.4. The number of hydrogen-bond acceptors (Lipinski definition) is 9. The molecule has 2 aromatic carbocycles. The Morgan fingerprint density at radius 1 is 1.00 bits per heavy atom. The summed E-state index contributed by atoms with van der Waals surface area (Å²) in [5, 5.41) is 8.91. The average Bonchev–Trinajstić information content (AvgIpc) is 3.70. The van der Waals surface area contributed by atoms with Crippen molar-refractivity contribution in [2.45, 2.75) is 76.1 Å². The first kappa shape index (κ1) is 36.2. The standard InChI is InChI=1S/C41H49F3N8O3/c1-4-33(53)52-22-40(23-52)12-17-50(18-13-40)38-30-19-29(26-6-7-26)35(34-25(2)5-8-32-31(34)20-45-48-32)37(55-24-41(42,43)44)36(30)46-39(47-38)51-14-9-27(21-51)49-15-10-28(54-3)11-16-49/h4-5,8,19-20,26-28H,1,6-7,9-18,21-24H2,2-3H3,(H,45,48)/t27-/m1/s1. The Morgan fingerprint density at radius 3 is 2.45 bits per heavy atom. The number of carbonyl (C=O) groups excluding carboxylic acids is 1. The van der Waals surface area contributed by atoms with Crippen molar-refractivity contribution in [3.63, 3.8) is 0 Å². The molecule has 0 unspecified atom stereocenters. The zero-order valence-electron chi connectivity index (χ0n) is 31.6. The molecule has 292 valence electrons. The van der Waals surface area contributed by atoms with E-state index >= 15 is 0 Å². The number of aromatic nitrogens is 4. The fourth-order valence-electron chi connectivity index (χ4n) is 9.59. The van der Waals surface area contributed by atoms with Gasteiger partial charge in [0.2, 0.25) is 11.9 Å². The van der Waals surface area contributed by atoms with Gasteiger partial charge >= 0.3 is 6.18 Å². The van der Waals surface area contributed by atoms with Crippen LogP contribution in [0.15, 0.2) is 37.1 Å². The average molecular weight is 759 g/mol. The third-order valence-corrected chi connectivity index (χ3v) is 12.9. The molecule has 1 spiro atoms. The van der Waals surface area contributed by atoms with Crippen molar-refractivity contribution >= 4 is 39.5 Å². The second-order valence-electron chi connectivity index (χ2n) is 16.4. The highest BCUT2D eigenvalue weighted by molar-refractivity contribution is 6.06. The van der Waals surface area contributed by atoms with Gasteiger partial charge in [0.05, 0.1) is 17.8 Å². The molecule has 11 nitrogen and oxygen atoms in total. The highest BCUT2D eigenvalue weighted by atomic mass is 19.4. The number of piperidine rings is 2. The lowest BCUT2D eigenvalue weighted by atomic mass is 9.72. The molecule has 0 radical (unpaired) electrons. The smallest absolute Gasteiger partial charge is 0.422 e. The number of amides is 1. The van der Waals surface area contributed by atoms with Crippen LogP contribution in [0, 0.1) is 12.3 Å². The van der Waals surface area contributed by atoms with Crippen LogP contribution in [0.25, 0.3) is 32.9 Å². The Hall–Kier alpha value is -4.43. The SMILES string of the molecule is C=CC(=O)N1CC2(CCN(c3nc(N4CC[C@@H](N5CCC(OC)CC5)C4)nc4c(OCC(F)(F)F)c(-c5c(C)ccc6[nH]ncc56)c(C5CC5)cc34)CC2)C1. The lowest BCUT2D eigenvalue weighted by molar-refractivity contribution is -0.153. The Morgan fingerprint density at radius 2 is 1.76 bits per heavy atom. The highest BCUT2D eigenvalue weighted by Gasteiger charge is 2.47. The summed E-state index contributed by atoms with van der Waals surface area (Å²) in [6, 6.07) is 6.40. The number of nitrogens with one attached hydrogen (secondary N) is 1. The van der Waals surface area contributed by atoms with E-state index < -0.39 is 12.8 Å². The van der Waals surface area contributed by atoms with E-state index in [1.165, 1.54) is 6.08 Å². The molecule has 1 atom stereocenters. The van der Waals surface area contributed by atoms with Gasteiger partial charge in [-0.15, -0.1) is 0 Å². The monoisotopic (exact) mass is 758 g/mol. The van der Waals surface area contributed by atoms with Crippen molar-refractivity contribution in [1.82, 2.24) is 30.0 Å². The van der Waals surface area contributed by atoms with Crippen LogP contribution in [0.4, 0.5) is 24.9 Å². The Balaban J connectivity index is 1.17.